The highest BCUT2D eigenvalue weighted by Gasteiger charge is 2.32. The molecule has 0 aromatic carbocycles. The van der Waals surface area contributed by atoms with E-state index in [1.807, 2.05) is 13.8 Å². The molecule has 18 heavy (non-hydrogen) atoms. The number of carbonyl (C=O) groups is 1. The van der Waals surface area contributed by atoms with E-state index in [9.17, 15) is 4.79 Å². The summed E-state index contributed by atoms with van der Waals surface area (Å²) in [5, 5.41) is 3.00. The van der Waals surface area contributed by atoms with E-state index in [0.717, 1.165) is 12.8 Å². The fourth-order valence-electron chi connectivity index (χ4n) is 1.89. The highest BCUT2D eigenvalue weighted by Crippen LogP contribution is 2.25. The van der Waals surface area contributed by atoms with Gasteiger partial charge in [0.2, 0.25) is 5.91 Å². The third-order valence-corrected chi connectivity index (χ3v) is 4.45. The van der Waals surface area contributed by atoms with E-state index in [1.165, 1.54) is 9.75 Å². The molecule has 0 saturated heterocycles. The number of aryl methyl sites for hydroxylation is 1. The Kier molecular flexibility index (Phi) is 7.52. The van der Waals surface area contributed by atoms with Crippen molar-refractivity contribution in [2.75, 3.05) is 6.54 Å². The van der Waals surface area contributed by atoms with E-state index >= 15 is 0 Å². The van der Waals surface area contributed by atoms with Gasteiger partial charge < -0.3 is 11.1 Å². The number of hydrogen-bond acceptors (Lipinski definition) is 3. The normalized spacial score (nSPS) is 10.9. The first kappa shape index (κ1) is 17.4. The van der Waals surface area contributed by atoms with Crippen molar-refractivity contribution in [3.63, 3.8) is 0 Å². The molecule has 0 aliphatic carbocycles. The Labute approximate surface area is 120 Å². The van der Waals surface area contributed by atoms with Gasteiger partial charge in [-0.3, -0.25) is 4.79 Å². The molecule has 0 aliphatic heterocycles. The predicted molar refractivity (Wildman–Crippen MR) is 80.2 cm³/mol. The fourth-order valence-corrected chi connectivity index (χ4v) is 2.72. The van der Waals surface area contributed by atoms with Gasteiger partial charge in [0.1, 0.15) is 0 Å². The van der Waals surface area contributed by atoms with Crippen molar-refractivity contribution in [3.05, 3.63) is 21.9 Å². The zero-order valence-electron chi connectivity index (χ0n) is 11.3. The second-order valence-corrected chi connectivity index (χ2v) is 5.76. The Bertz CT molecular complexity index is 367. The van der Waals surface area contributed by atoms with Crippen molar-refractivity contribution in [2.24, 2.45) is 11.1 Å². The van der Waals surface area contributed by atoms with E-state index in [0.29, 0.717) is 13.1 Å². The first-order chi connectivity index (χ1) is 8.07. The molecule has 0 atom stereocenters. The van der Waals surface area contributed by atoms with E-state index in [2.05, 4.69) is 24.4 Å². The van der Waals surface area contributed by atoms with Crippen LogP contribution in [0.25, 0.3) is 0 Å². The number of thiophene rings is 1. The first-order valence-corrected chi connectivity index (χ1v) is 6.93. The van der Waals surface area contributed by atoms with Crippen LogP contribution in [-0.4, -0.2) is 12.5 Å². The maximum absolute atomic E-state index is 12.2. The van der Waals surface area contributed by atoms with Gasteiger partial charge in [0.15, 0.2) is 0 Å². The number of amides is 1. The smallest absolute Gasteiger partial charge is 0.227 e. The molecule has 1 heterocycles. The highest BCUT2D eigenvalue weighted by atomic mass is 35.5. The van der Waals surface area contributed by atoms with Crippen LogP contribution in [0.5, 0.6) is 0 Å². The summed E-state index contributed by atoms with van der Waals surface area (Å²) in [6, 6.07) is 4.13. The van der Waals surface area contributed by atoms with Gasteiger partial charge in [-0.25, -0.2) is 0 Å². The number of nitrogens with one attached hydrogen (secondary N) is 1. The van der Waals surface area contributed by atoms with Crippen molar-refractivity contribution in [1.29, 1.82) is 0 Å². The van der Waals surface area contributed by atoms with Crippen LogP contribution in [-0.2, 0) is 11.3 Å². The summed E-state index contributed by atoms with van der Waals surface area (Å²) in [6.07, 6.45) is 1.57. The molecule has 0 radical (unpaired) electrons. The van der Waals surface area contributed by atoms with Crippen molar-refractivity contribution >= 4 is 29.7 Å². The van der Waals surface area contributed by atoms with Crippen molar-refractivity contribution < 1.29 is 4.79 Å². The zero-order chi connectivity index (χ0) is 12.9. The Balaban J connectivity index is 0.00000289. The average Bonchev–Trinajstić information content (AvgIpc) is 2.75. The molecule has 1 amide bonds. The second-order valence-electron chi connectivity index (χ2n) is 4.39. The summed E-state index contributed by atoms with van der Waals surface area (Å²) < 4.78 is 0. The number of carbonyl (C=O) groups excluding carboxylic acids is 1. The van der Waals surface area contributed by atoms with Gasteiger partial charge >= 0.3 is 0 Å². The van der Waals surface area contributed by atoms with Gasteiger partial charge in [-0.1, -0.05) is 13.8 Å². The lowest BCUT2D eigenvalue weighted by molar-refractivity contribution is -0.131. The Hall–Kier alpha value is -0.580. The van der Waals surface area contributed by atoms with Crippen LogP contribution < -0.4 is 11.1 Å². The molecule has 3 N–H and O–H groups in total. The molecule has 0 fully saturated rings. The standard InChI is InChI=1S/C13H22N2OS.ClH/c1-4-13(5-2,9-14)12(16)15-8-11-7-6-10(3)17-11;/h6-7H,4-5,8-9,14H2,1-3H3,(H,15,16);1H. The Morgan fingerprint density at radius 3 is 2.39 bits per heavy atom. The minimum absolute atomic E-state index is 0. The van der Waals surface area contributed by atoms with Crippen LogP contribution >= 0.6 is 23.7 Å². The molecule has 1 aromatic heterocycles. The van der Waals surface area contributed by atoms with E-state index in [1.54, 1.807) is 11.3 Å². The number of nitrogens with two attached hydrogens (primary N) is 1. The monoisotopic (exact) mass is 290 g/mol. The molecule has 0 unspecified atom stereocenters. The van der Waals surface area contributed by atoms with E-state index in [4.69, 9.17) is 5.73 Å². The summed E-state index contributed by atoms with van der Waals surface area (Å²) in [5.41, 5.74) is 5.35. The molecule has 104 valence electrons. The molecule has 1 aromatic rings. The van der Waals surface area contributed by atoms with Crippen LogP contribution in [0.4, 0.5) is 0 Å². The molecular formula is C13H23ClN2OS. The summed E-state index contributed by atoms with van der Waals surface area (Å²) in [5.74, 6) is 0.0797. The lowest BCUT2D eigenvalue weighted by atomic mass is 9.81. The van der Waals surface area contributed by atoms with Gasteiger partial charge in [0.25, 0.3) is 0 Å². The predicted octanol–water partition coefficient (Wildman–Crippen LogP) is 2.86. The maximum Gasteiger partial charge on any atom is 0.227 e. The molecule has 0 bridgehead atoms. The number of rotatable bonds is 6. The maximum atomic E-state index is 12.2. The van der Waals surface area contributed by atoms with E-state index in [-0.39, 0.29) is 18.3 Å². The van der Waals surface area contributed by atoms with Crippen LogP contribution in [0, 0.1) is 12.3 Å². The molecule has 0 spiro atoms. The summed E-state index contributed by atoms with van der Waals surface area (Å²) in [7, 11) is 0. The summed E-state index contributed by atoms with van der Waals surface area (Å²) in [6.45, 7) is 7.13. The van der Waals surface area contributed by atoms with Gasteiger partial charge in [0.05, 0.1) is 12.0 Å². The second kappa shape index (κ2) is 7.77. The molecule has 0 aliphatic rings. The molecule has 3 nitrogen and oxygen atoms in total. The lowest BCUT2D eigenvalue weighted by Crippen LogP contribution is -2.44. The van der Waals surface area contributed by atoms with Crippen molar-refractivity contribution in [3.8, 4) is 0 Å². The minimum Gasteiger partial charge on any atom is -0.351 e. The van der Waals surface area contributed by atoms with Crippen LogP contribution in [0.3, 0.4) is 0 Å². The average molecular weight is 291 g/mol. The van der Waals surface area contributed by atoms with Crippen molar-refractivity contribution in [2.45, 2.75) is 40.2 Å². The molecule has 5 heteroatoms. The van der Waals surface area contributed by atoms with Gasteiger partial charge in [-0.05, 0) is 31.9 Å². The van der Waals surface area contributed by atoms with Gasteiger partial charge in [-0.15, -0.1) is 23.7 Å². The zero-order valence-corrected chi connectivity index (χ0v) is 12.9. The quantitative estimate of drug-likeness (QED) is 0.846. The third kappa shape index (κ3) is 3.97. The van der Waals surface area contributed by atoms with Crippen LogP contribution in [0.1, 0.15) is 36.4 Å². The Morgan fingerprint density at radius 1 is 1.39 bits per heavy atom. The SMILES string of the molecule is CCC(CC)(CN)C(=O)NCc1ccc(C)s1.Cl. The molecule has 1 rings (SSSR count). The fraction of sp³-hybridized carbons (Fsp3) is 0.615. The van der Waals surface area contributed by atoms with Crippen LogP contribution in [0.15, 0.2) is 12.1 Å². The van der Waals surface area contributed by atoms with Gasteiger partial charge in [-0.2, -0.15) is 0 Å². The number of halogens is 1. The van der Waals surface area contributed by atoms with Crippen molar-refractivity contribution in [1.82, 2.24) is 5.32 Å². The minimum atomic E-state index is -0.397. The highest BCUT2D eigenvalue weighted by molar-refractivity contribution is 7.11. The molecule has 0 saturated carbocycles. The summed E-state index contributed by atoms with van der Waals surface area (Å²) in [4.78, 5) is 14.6. The first-order valence-electron chi connectivity index (χ1n) is 6.11. The largest absolute Gasteiger partial charge is 0.351 e. The lowest BCUT2D eigenvalue weighted by Gasteiger charge is -2.28. The third-order valence-electron chi connectivity index (χ3n) is 3.45. The Morgan fingerprint density at radius 2 is 2.00 bits per heavy atom. The number of hydrogen-bond donors (Lipinski definition) is 2. The van der Waals surface area contributed by atoms with Gasteiger partial charge in [0, 0.05) is 16.3 Å². The molecular weight excluding hydrogens is 268 g/mol. The van der Waals surface area contributed by atoms with Crippen LogP contribution in [0.2, 0.25) is 0 Å². The summed E-state index contributed by atoms with van der Waals surface area (Å²) >= 11 is 1.72. The van der Waals surface area contributed by atoms with E-state index < -0.39 is 5.41 Å². The topological polar surface area (TPSA) is 55.1 Å².